The summed E-state index contributed by atoms with van der Waals surface area (Å²) in [6.07, 6.45) is 0.198. The number of carboxylic acids is 1. The molecule has 1 aromatic carbocycles. The molecule has 2 N–H and O–H groups in total. The molecule has 0 aromatic heterocycles. The zero-order valence-corrected chi connectivity index (χ0v) is 16.4. The van der Waals surface area contributed by atoms with E-state index >= 15 is 0 Å². The van der Waals surface area contributed by atoms with E-state index in [2.05, 4.69) is 39.2 Å². The first-order chi connectivity index (χ1) is 11.5. The number of carbonyl (C=O) groups excluding carboxylic acids is 1. The molecule has 0 fully saturated rings. The number of rotatable bonds is 7. The summed E-state index contributed by atoms with van der Waals surface area (Å²) in [6, 6.07) is 6.98. The molecule has 136 valence electrons. The van der Waals surface area contributed by atoms with E-state index in [1.54, 1.807) is 0 Å². The first-order valence-corrected chi connectivity index (χ1v) is 11.1. The quantitative estimate of drug-likeness (QED) is 0.726. The van der Waals surface area contributed by atoms with Crippen molar-refractivity contribution in [2.24, 2.45) is 0 Å². The van der Waals surface area contributed by atoms with Gasteiger partial charge in [0.25, 0.3) is 5.91 Å². The molecule has 1 rings (SSSR count). The third kappa shape index (κ3) is 6.00. The molecule has 0 spiro atoms. The number of benzene rings is 1. The molecular weight excluding hydrogens is 336 g/mol. The lowest BCUT2D eigenvalue weighted by Crippen LogP contribution is -2.44. The fourth-order valence-electron chi connectivity index (χ4n) is 1.84. The van der Waals surface area contributed by atoms with Crippen LogP contribution < -0.4 is 5.32 Å². The van der Waals surface area contributed by atoms with Crippen molar-refractivity contribution in [2.45, 2.75) is 51.4 Å². The smallest absolute Gasteiger partial charge is 0.326 e. The van der Waals surface area contributed by atoms with E-state index in [-0.39, 0.29) is 18.1 Å². The fraction of sp³-hybridized carbons (Fsp3) is 0.500. The fourth-order valence-corrected chi connectivity index (χ4v) is 2.90. The molecule has 0 aliphatic carbocycles. The van der Waals surface area contributed by atoms with Gasteiger partial charge in [0.05, 0.1) is 11.6 Å². The summed E-state index contributed by atoms with van der Waals surface area (Å²) in [4.78, 5) is 23.6. The molecular formula is C18H26N2O4Si. The van der Waals surface area contributed by atoms with Gasteiger partial charge < -0.3 is 14.8 Å². The van der Waals surface area contributed by atoms with Crippen molar-refractivity contribution >= 4 is 20.2 Å². The van der Waals surface area contributed by atoms with E-state index in [1.807, 2.05) is 6.07 Å². The highest BCUT2D eigenvalue weighted by Crippen LogP contribution is 2.36. The van der Waals surface area contributed by atoms with Crippen molar-refractivity contribution in [3.63, 3.8) is 0 Å². The average Bonchev–Trinajstić information content (AvgIpc) is 2.52. The molecule has 1 amide bonds. The predicted octanol–water partition coefficient (Wildman–Crippen LogP) is 3.15. The van der Waals surface area contributed by atoms with Gasteiger partial charge in [-0.3, -0.25) is 4.79 Å². The molecule has 0 unspecified atom stereocenters. The number of hydrogen-bond acceptors (Lipinski definition) is 4. The number of nitrogens with zero attached hydrogens (tertiary/aromatic N) is 1. The molecule has 7 heteroatoms. The maximum Gasteiger partial charge on any atom is 0.326 e. The maximum absolute atomic E-state index is 12.2. The van der Waals surface area contributed by atoms with Gasteiger partial charge in [-0.25, -0.2) is 4.79 Å². The number of hydrogen-bond donors (Lipinski definition) is 2. The van der Waals surface area contributed by atoms with Gasteiger partial charge in [-0.15, -0.1) is 0 Å². The van der Waals surface area contributed by atoms with Crippen molar-refractivity contribution in [3.05, 3.63) is 35.4 Å². The lowest BCUT2D eigenvalue weighted by atomic mass is 10.1. The Morgan fingerprint density at radius 3 is 2.28 bits per heavy atom. The van der Waals surface area contributed by atoms with Crippen LogP contribution in [0.2, 0.25) is 18.1 Å². The molecule has 0 saturated heterocycles. The molecule has 1 aromatic rings. The van der Waals surface area contributed by atoms with Crippen LogP contribution in [0.5, 0.6) is 0 Å². The van der Waals surface area contributed by atoms with E-state index in [4.69, 9.17) is 9.69 Å². The van der Waals surface area contributed by atoms with Crippen LogP contribution in [0.15, 0.2) is 24.3 Å². The van der Waals surface area contributed by atoms with E-state index in [9.17, 15) is 14.7 Å². The minimum Gasteiger partial charge on any atom is -0.480 e. The molecule has 1 atom stereocenters. The Morgan fingerprint density at radius 1 is 1.28 bits per heavy atom. The molecule has 0 aliphatic heterocycles. The summed E-state index contributed by atoms with van der Waals surface area (Å²) in [7, 11) is -1.96. The Hall–Kier alpha value is -2.17. The van der Waals surface area contributed by atoms with Gasteiger partial charge in [0.1, 0.15) is 6.04 Å². The number of carboxylic acid groups (broad SMARTS) is 1. The van der Waals surface area contributed by atoms with Gasteiger partial charge in [-0.1, -0.05) is 20.8 Å². The van der Waals surface area contributed by atoms with Crippen LogP contribution in [0.1, 0.15) is 43.1 Å². The number of nitrogens with one attached hydrogen (secondary N) is 1. The second-order valence-corrected chi connectivity index (χ2v) is 12.3. The number of aliphatic carboxylic acids is 1. The number of carbonyl (C=O) groups is 2. The number of amides is 1. The Bertz CT molecular complexity index is 657. The van der Waals surface area contributed by atoms with Crippen LogP contribution in [-0.2, 0) is 9.22 Å². The Balaban J connectivity index is 2.67. The SMILES string of the molecule is CC(C)(C)[Si](C)(C)OCC[C@H](NC(=O)c1ccc(C#N)cc1)C(=O)O. The predicted molar refractivity (Wildman–Crippen MR) is 97.8 cm³/mol. The topological polar surface area (TPSA) is 99.4 Å². The second-order valence-electron chi connectivity index (χ2n) is 7.45. The molecule has 0 aliphatic rings. The highest BCUT2D eigenvalue weighted by molar-refractivity contribution is 6.74. The third-order valence-corrected chi connectivity index (χ3v) is 9.09. The van der Waals surface area contributed by atoms with Gasteiger partial charge in [-0.05, 0) is 42.4 Å². The van der Waals surface area contributed by atoms with E-state index < -0.39 is 26.2 Å². The minimum atomic E-state index is -1.96. The summed E-state index contributed by atoms with van der Waals surface area (Å²) in [5.74, 6) is -1.58. The highest BCUT2D eigenvalue weighted by atomic mass is 28.4. The Kier molecular flexibility index (Phi) is 6.91. The van der Waals surface area contributed by atoms with Crippen LogP contribution in [0.3, 0.4) is 0 Å². The summed E-state index contributed by atoms with van der Waals surface area (Å²) in [5, 5.41) is 20.7. The number of nitriles is 1. The molecule has 0 radical (unpaired) electrons. The van der Waals surface area contributed by atoms with Gasteiger partial charge in [0, 0.05) is 18.6 Å². The molecule has 0 heterocycles. The second kappa shape index (κ2) is 8.27. The van der Waals surface area contributed by atoms with Gasteiger partial charge in [0.15, 0.2) is 8.32 Å². The van der Waals surface area contributed by atoms with E-state index in [1.165, 1.54) is 24.3 Å². The van der Waals surface area contributed by atoms with Gasteiger partial charge in [-0.2, -0.15) is 5.26 Å². The highest BCUT2D eigenvalue weighted by Gasteiger charge is 2.37. The average molecular weight is 363 g/mol. The Labute approximate surface area is 149 Å². The largest absolute Gasteiger partial charge is 0.480 e. The lowest BCUT2D eigenvalue weighted by Gasteiger charge is -2.36. The zero-order chi connectivity index (χ0) is 19.3. The molecule has 0 saturated carbocycles. The standard InChI is InChI=1S/C18H26N2O4Si/c1-18(2,3)25(4,5)24-11-10-15(17(22)23)20-16(21)14-8-6-13(12-19)7-9-14/h6-9,15H,10-11H2,1-5H3,(H,20,21)(H,22,23)/t15-/m0/s1. The van der Waals surface area contributed by atoms with Gasteiger partial charge in [0.2, 0.25) is 0 Å². The van der Waals surface area contributed by atoms with E-state index in [0.29, 0.717) is 11.1 Å². The van der Waals surface area contributed by atoms with Crippen LogP contribution in [0.4, 0.5) is 0 Å². The summed E-state index contributed by atoms with van der Waals surface area (Å²) in [5.41, 5.74) is 0.754. The van der Waals surface area contributed by atoms with Crippen molar-refractivity contribution < 1.29 is 19.1 Å². The van der Waals surface area contributed by atoms with Crippen molar-refractivity contribution in [3.8, 4) is 6.07 Å². The normalized spacial score (nSPS) is 13.0. The van der Waals surface area contributed by atoms with Crippen LogP contribution in [-0.4, -0.2) is 37.9 Å². The first-order valence-electron chi connectivity index (χ1n) is 8.16. The first kappa shape index (κ1) is 20.9. The maximum atomic E-state index is 12.2. The lowest BCUT2D eigenvalue weighted by molar-refractivity contribution is -0.139. The zero-order valence-electron chi connectivity index (χ0n) is 15.4. The summed E-state index contributed by atoms with van der Waals surface area (Å²) in [6.45, 7) is 10.8. The van der Waals surface area contributed by atoms with Crippen LogP contribution >= 0.6 is 0 Å². The van der Waals surface area contributed by atoms with Crippen molar-refractivity contribution in [1.82, 2.24) is 5.32 Å². The minimum absolute atomic E-state index is 0.0391. The van der Waals surface area contributed by atoms with Crippen molar-refractivity contribution in [2.75, 3.05) is 6.61 Å². The van der Waals surface area contributed by atoms with E-state index in [0.717, 1.165) is 0 Å². The monoisotopic (exact) mass is 362 g/mol. The summed E-state index contributed by atoms with van der Waals surface area (Å²) >= 11 is 0. The third-order valence-electron chi connectivity index (χ3n) is 4.56. The molecule has 6 nitrogen and oxygen atoms in total. The van der Waals surface area contributed by atoms with Crippen LogP contribution in [0.25, 0.3) is 0 Å². The Morgan fingerprint density at radius 2 is 1.84 bits per heavy atom. The summed E-state index contributed by atoms with van der Waals surface area (Å²) < 4.78 is 5.98. The van der Waals surface area contributed by atoms with Gasteiger partial charge >= 0.3 is 5.97 Å². The van der Waals surface area contributed by atoms with Crippen molar-refractivity contribution in [1.29, 1.82) is 5.26 Å². The van der Waals surface area contributed by atoms with Crippen LogP contribution in [0, 0.1) is 11.3 Å². The molecule has 0 bridgehead atoms. The molecule has 25 heavy (non-hydrogen) atoms.